The van der Waals surface area contributed by atoms with Crippen LogP contribution in [0.2, 0.25) is 0 Å². The minimum Gasteiger partial charge on any atom is -0.493 e. The Morgan fingerprint density at radius 3 is 2.58 bits per heavy atom. The van der Waals surface area contributed by atoms with Crippen LogP contribution in [0.3, 0.4) is 0 Å². The number of nitrogens with one attached hydrogen (secondary N) is 1. The van der Waals surface area contributed by atoms with E-state index in [2.05, 4.69) is 41.0 Å². The van der Waals surface area contributed by atoms with E-state index in [9.17, 15) is 0 Å². The third-order valence-electron chi connectivity index (χ3n) is 3.06. The van der Waals surface area contributed by atoms with Gasteiger partial charge in [-0.1, -0.05) is 12.1 Å². The molecular formula is C13H18N4OS. The van der Waals surface area contributed by atoms with Crippen LogP contribution in [0.25, 0.3) is 0 Å². The maximum atomic E-state index is 5.71. The average Bonchev–Trinajstić information content (AvgIpc) is 2.82. The van der Waals surface area contributed by atoms with Gasteiger partial charge in [0.25, 0.3) is 0 Å². The van der Waals surface area contributed by atoms with E-state index < -0.39 is 0 Å². The second-order valence-electron chi connectivity index (χ2n) is 4.09. The average molecular weight is 278 g/mol. The predicted molar refractivity (Wildman–Crippen MR) is 77.1 cm³/mol. The number of nitrogens with zero attached hydrogens (tertiary/aromatic N) is 2. The maximum Gasteiger partial charge on any atom is 0.161 e. The predicted octanol–water partition coefficient (Wildman–Crippen LogP) is 1.70. The fraction of sp³-hybridized carbons (Fsp3) is 0.308. The first-order valence-corrected chi connectivity index (χ1v) is 7.09. The molecule has 0 bridgehead atoms. The van der Waals surface area contributed by atoms with Crippen molar-refractivity contribution in [2.45, 2.75) is 10.9 Å². The first-order chi connectivity index (χ1) is 9.21. The van der Waals surface area contributed by atoms with Crippen molar-refractivity contribution in [2.24, 2.45) is 12.9 Å². The van der Waals surface area contributed by atoms with Gasteiger partial charge in [0.2, 0.25) is 0 Å². The molecule has 1 aromatic carbocycles. The van der Waals surface area contributed by atoms with Crippen LogP contribution in [-0.4, -0.2) is 23.1 Å². The van der Waals surface area contributed by atoms with Gasteiger partial charge in [-0.25, -0.2) is 5.43 Å². The zero-order valence-corrected chi connectivity index (χ0v) is 12.1. The number of methoxy groups -OCH3 is 1. The molecule has 5 nitrogen and oxygen atoms in total. The molecule has 1 aromatic heterocycles. The van der Waals surface area contributed by atoms with Gasteiger partial charge in [-0.05, 0) is 24.0 Å². The summed E-state index contributed by atoms with van der Waals surface area (Å²) in [4.78, 5) is 1.22. The molecule has 1 unspecified atom stereocenters. The first kappa shape index (κ1) is 13.9. The number of aryl methyl sites for hydroxylation is 1. The summed E-state index contributed by atoms with van der Waals surface area (Å²) in [5.74, 6) is 6.43. The molecule has 2 aromatic rings. The van der Waals surface area contributed by atoms with Crippen LogP contribution in [0.15, 0.2) is 35.4 Å². The highest BCUT2D eigenvalue weighted by atomic mass is 32.2. The van der Waals surface area contributed by atoms with Crippen molar-refractivity contribution < 1.29 is 4.74 Å². The Hall–Kier alpha value is -1.50. The highest BCUT2D eigenvalue weighted by molar-refractivity contribution is 7.98. The van der Waals surface area contributed by atoms with Crippen molar-refractivity contribution in [3.8, 4) is 5.75 Å². The van der Waals surface area contributed by atoms with Crippen molar-refractivity contribution in [3.63, 3.8) is 0 Å². The van der Waals surface area contributed by atoms with E-state index in [-0.39, 0.29) is 6.04 Å². The molecule has 0 aliphatic rings. The van der Waals surface area contributed by atoms with Crippen molar-refractivity contribution in [1.82, 2.24) is 15.2 Å². The van der Waals surface area contributed by atoms with E-state index >= 15 is 0 Å². The Labute approximate surface area is 117 Å². The summed E-state index contributed by atoms with van der Waals surface area (Å²) < 4.78 is 7.10. The number of thioether (sulfide) groups is 1. The van der Waals surface area contributed by atoms with E-state index in [1.165, 1.54) is 4.90 Å². The lowest BCUT2D eigenvalue weighted by atomic mass is 10.0. The summed E-state index contributed by atoms with van der Waals surface area (Å²) in [6.45, 7) is 0. The van der Waals surface area contributed by atoms with Crippen LogP contribution in [0.5, 0.6) is 5.75 Å². The molecule has 1 heterocycles. The SMILES string of the molecule is COc1cnn(C)c1C(NN)c1ccc(SC)cc1. The van der Waals surface area contributed by atoms with E-state index in [1.54, 1.807) is 29.8 Å². The number of hydrogen-bond donors (Lipinski definition) is 2. The molecule has 3 N–H and O–H groups in total. The first-order valence-electron chi connectivity index (χ1n) is 5.87. The highest BCUT2D eigenvalue weighted by Gasteiger charge is 2.21. The van der Waals surface area contributed by atoms with E-state index in [1.807, 2.05) is 7.05 Å². The standard InChI is InChI=1S/C13H18N4OS/c1-17-13(11(18-2)8-15-17)12(16-14)9-4-6-10(19-3)7-5-9/h4-8,12,16H,14H2,1-3H3. The zero-order chi connectivity index (χ0) is 13.8. The topological polar surface area (TPSA) is 65.1 Å². The molecular weight excluding hydrogens is 260 g/mol. The number of hydrogen-bond acceptors (Lipinski definition) is 5. The summed E-state index contributed by atoms with van der Waals surface area (Å²) in [6, 6.07) is 8.12. The normalized spacial score (nSPS) is 12.4. The number of nitrogens with two attached hydrogens (primary N) is 1. The minimum absolute atomic E-state index is 0.154. The van der Waals surface area contributed by atoms with E-state index in [0.29, 0.717) is 0 Å². The maximum absolute atomic E-state index is 5.71. The largest absolute Gasteiger partial charge is 0.493 e. The zero-order valence-electron chi connectivity index (χ0n) is 11.3. The van der Waals surface area contributed by atoms with E-state index in [0.717, 1.165) is 17.0 Å². The molecule has 0 fully saturated rings. The van der Waals surface area contributed by atoms with Crippen LogP contribution in [0.1, 0.15) is 17.3 Å². The van der Waals surface area contributed by atoms with E-state index in [4.69, 9.17) is 10.6 Å². The third kappa shape index (κ3) is 2.75. The van der Waals surface area contributed by atoms with Crippen molar-refractivity contribution in [3.05, 3.63) is 41.7 Å². The van der Waals surface area contributed by atoms with Crippen LogP contribution in [0, 0.1) is 0 Å². The van der Waals surface area contributed by atoms with Crippen LogP contribution in [-0.2, 0) is 7.05 Å². The third-order valence-corrected chi connectivity index (χ3v) is 3.80. The summed E-state index contributed by atoms with van der Waals surface area (Å²) in [6.07, 6.45) is 3.74. The van der Waals surface area contributed by atoms with Gasteiger partial charge in [-0.15, -0.1) is 11.8 Å². The molecule has 19 heavy (non-hydrogen) atoms. The van der Waals surface area contributed by atoms with Gasteiger partial charge in [0.05, 0.1) is 19.3 Å². The summed E-state index contributed by atoms with van der Waals surface area (Å²) in [7, 11) is 3.50. The molecule has 6 heteroatoms. The van der Waals surface area contributed by atoms with Crippen molar-refractivity contribution in [2.75, 3.05) is 13.4 Å². The highest BCUT2D eigenvalue weighted by Crippen LogP contribution is 2.29. The number of aromatic nitrogens is 2. The van der Waals surface area contributed by atoms with Crippen LogP contribution < -0.4 is 16.0 Å². The molecule has 0 spiro atoms. The van der Waals surface area contributed by atoms with Gasteiger partial charge in [0, 0.05) is 11.9 Å². The quantitative estimate of drug-likeness (QED) is 0.495. The second kappa shape index (κ2) is 6.10. The molecule has 0 saturated heterocycles. The second-order valence-corrected chi connectivity index (χ2v) is 4.97. The monoisotopic (exact) mass is 278 g/mol. The Morgan fingerprint density at radius 2 is 2.05 bits per heavy atom. The molecule has 0 radical (unpaired) electrons. The van der Waals surface area contributed by atoms with Crippen molar-refractivity contribution in [1.29, 1.82) is 0 Å². The Bertz CT molecular complexity index is 538. The van der Waals surface area contributed by atoms with Gasteiger partial charge in [0.1, 0.15) is 5.69 Å². The van der Waals surface area contributed by atoms with Crippen LogP contribution >= 0.6 is 11.8 Å². The van der Waals surface area contributed by atoms with Gasteiger partial charge in [-0.3, -0.25) is 10.5 Å². The summed E-state index contributed by atoms with van der Waals surface area (Å²) in [5, 5.41) is 4.21. The van der Waals surface area contributed by atoms with Gasteiger partial charge in [-0.2, -0.15) is 5.10 Å². The lowest BCUT2D eigenvalue weighted by Crippen LogP contribution is -2.30. The molecule has 0 aliphatic heterocycles. The number of benzene rings is 1. The fourth-order valence-electron chi connectivity index (χ4n) is 2.04. The Morgan fingerprint density at radius 1 is 1.37 bits per heavy atom. The minimum atomic E-state index is -0.154. The lowest BCUT2D eigenvalue weighted by molar-refractivity contribution is 0.401. The van der Waals surface area contributed by atoms with Gasteiger partial charge in [0.15, 0.2) is 5.75 Å². The number of ether oxygens (including phenoxy) is 1. The Balaban J connectivity index is 2.40. The molecule has 102 valence electrons. The lowest BCUT2D eigenvalue weighted by Gasteiger charge is -2.18. The number of hydrazine groups is 1. The molecule has 0 saturated carbocycles. The van der Waals surface area contributed by atoms with Gasteiger partial charge < -0.3 is 4.74 Å². The molecule has 0 amide bonds. The summed E-state index contributed by atoms with van der Waals surface area (Å²) >= 11 is 1.71. The van der Waals surface area contributed by atoms with Crippen LogP contribution in [0.4, 0.5) is 0 Å². The molecule has 2 rings (SSSR count). The number of rotatable bonds is 5. The fourth-order valence-corrected chi connectivity index (χ4v) is 2.45. The molecule has 0 aliphatic carbocycles. The van der Waals surface area contributed by atoms with Crippen molar-refractivity contribution >= 4 is 11.8 Å². The molecule has 1 atom stereocenters. The Kier molecular flexibility index (Phi) is 4.47. The summed E-state index contributed by atoms with van der Waals surface area (Å²) in [5.41, 5.74) is 4.80. The van der Waals surface area contributed by atoms with Gasteiger partial charge >= 0.3 is 0 Å². The smallest absolute Gasteiger partial charge is 0.161 e.